The molecule has 0 saturated carbocycles. The predicted molar refractivity (Wildman–Crippen MR) is 73.9 cm³/mol. The lowest BCUT2D eigenvalue weighted by molar-refractivity contribution is 0.0990. The molecule has 0 atom stereocenters. The Labute approximate surface area is 112 Å². The van der Waals surface area contributed by atoms with Crippen LogP contribution >= 0.6 is 0 Å². The van der Waals surface area contributed by atoms with Gasteiger partial charge in [-0.15, -0.1) is 0 Å². The lowest BCUT2D eigenvalue weighted by atomic mass is 10.00. The summed E-state index contributed by atoms with van der Waals surface area (Å²) in [6, 6.07) is 12.8. The SMILES string of the molecule is COc1ccc(C(=O)Cc2ccccc2)c(O)c1C. The number of benzene rings is 2. The van der Waals surface area contributed by atoms with Gasteiger partial charge in [0.15, 0.2) is 5.78 Å². The molecular weight excluding hydrogens is 240 g/mol. The molecule has 0 saturated heterocycles. The Morgan fingerprint density at radius 1 is 1.16 bits per heavy atom. The Morgan fingerprint density at radius 2 is 1.84 bits per heavy atom. The molecular formula is C16H16O3. The molecule has 3 heteroatoms. The van der Waals surface area contributed by atoms with Gasteiger partial charge < -0.3 is 9.84 Å². The van der Waals surface area contributed by atoms with E-state index in [4.69, 9.17) is 4.74 Å². The number of rotatable bonds is 4. The molecule has 0 aromatic heterocycles. The van der Waals surface area contributed by atoms with Crippen LogP contribution in [0.2, 0.25) is 0 Å². The van der Waals surface area contributed by atoms with E-state index < -0.39 is 0 Å². The molecule has 2 aromatic carbocycles. The molecule has 2 aromatic rings. The fourth-order valence-corrected chi connectivity index (χ4v) is 2.00. The van der Waals surface area contributed by atoms with Crippen LogP contribution in [0.15, 0.2) is 42.5 Å². The molecule has 19 heavy (non-hydrogen) atoms. The van der Waals surface area contributed by atoms with Crippen molar-refractivity contribution >= 4 is 5.78 Å². The summed E-state index contributed by atoms with van der Waals surface area (Å²) in [5.74, 6) is 0.475. The van der Waals surface area contributed by atoms with Gasteiger partial charge in [-0.05, 0) is 24.6 Å². The first-order chi connectivity index (χ1) is 9.13. The second-order valence-corrected chi connectivity index (χ2v) is 4.37. The van der Waals surface area contributed by atoms with Crippen LogP contribution in [0.5, 0.6) is 11.5 Å². The molecule has 0 amide bonds. The first-order valence-corrected chi connectivity index (χ1v) is 6.07. The van der Waals surface area contributed by atoms with E-state index in [9.17, 15) is 9.90 Å². The number of hydrogen-bond donors (Lipinski definition) is 1. The van der Waals surface area contributed by atoms with Gasteiger partial charge in [-0.1, -0.05) is 30.3 Å². The zero-order valence-corrected chi connectivity index (χ0v) is 11.0. The Kier molecular flexibility index (Phi) is 3.85. The number of ketones is 1. The van der Waals surface area contributed by atoms with Crippen LogP contribution in [0.3, 0.4) is 0 Å². The average Bonchev–Trinajstić information content (AvgIpc) is 2.42. The summed E-state index contributed by atoms with van der Waals surface area (Å²) in [5, 5.41) is 10.1. The summed E-state index contributed by atoms with van der Waals surface area (Å²) in [7, 11) is 1.53. The van der Waals surface area contributed by atoms with Gasteiger partial charge in [0, 0.05) is 12.0 Å². The van der Waals surface area contributed by atoms with Crippen LogP contribution in [-0.4, -0.2) is 18.0 Å². The molecule has 2 rings (SSSR count). The van der Waals surface area contributed by atoms with Crippen molar-refractivity contribution in [3.8, 4) is 11.5 Å². The minimum Gasteiger partial charge on any atom is -0.507 e. The van der Waals surface area contributed by atoms with Crippen LogP contribution in [-0.2, 0) is 6.42 Å². The number of hydrogen-bond acceptors (Lipinski definition) is 3. The molecule has 0 bridgehead atoms. The van der Waals surface area contributed by atoms with Gasteiger partial charge in [0.2, 0.25) is 0 Å². The third-order valence-electron chi connectivity index (χ3n) is 3.11. The van der Waals surface area contributed by atoms with Crippen molar-refractivity contribution in [3.63, 3.8) is 0 Å². The van der Waals surface area contributed by atoms with E-state index in [2.05, 4.69) is 0 Å². The van der Waals surface area contributed by atoms with Crippen LogP contribution in [0.4, 0.5) is 0 Å². The number of carbonyl (C=O) groups excluding carboxylic acids is 1. The molecule has 0 radical (unpaired) electrons. The highest BCUT2D eigenvalue weighted by molar-refractivity contribution is 6.00. The molecule has 0 fully saturated rings. The Bertz CT molecular complexity index is 588. The Balaban J connectivity index is 2.27. The van der Waals surface area contributed by atoms with Gasteiger partial charge >= 0.3 is 0 Å². The normalized spacial score (nSPS) is 10.2. The topological polar surface area (TPSA) is 46.5 Å². The quantitative estimate of drug-likeness (QED) is 0.855. The largest absolute Gasteiger partial charge is 0.507 e. The fourth-order valence-electron chi connectivity index (χ4n) is 2.00. The van der Waals surface area contributed by atoms with E-state index >= 15 is 0 Å². The number of phenols is 1. The summed E-state index contributed by atoms with van der Waals surface area (Å²) >= 11 is 0. The summed E-state index contributed by atoms with van der Waals surface area (Å²) in [6.07, 6.45) is 0.278. The van der Waals surface area contributed by atoms with Gasteiger partial charge in [0.25, 0.3) is 0 Å². The Morgan fingerprint density at radius 3 is 2.47 bits per heavy atom. The average molecular weight is 256 g/mol. The first kappa shape index (κ1) is 13.1. The maximum absolute atomic E-state index is 12.2. The molecule has 98 valence electrons. The number of methoxy groups -OCH3 is 1. The third kappa shape index (κ3) is 2.76. The van der Waals surface area contributed by atoms with Crippen molar-refractivity contribution in [3.05, 3.63) is 59.2 Å². The maximum Gasteiger partial charge on any atom is 0.170 e. The Hall–Kier alpha value is -2.29. The lowest BCUT2D eigenvalue weighted by Crippen LogP contribution is -2.05. The molecule has 1 N–H and O–H groups in total. The summed E-state index contributed by atoms with van der Waals surface area (Å²) in [4.78, 5) is 12.2. The minimum atomic E-state index is -0.102. The van der Waals surface area contributed by atoms with Crippen molar-refractivity contribution in [1.82, 2.24) is 0 Å². The fraction of sp³-hybridized carbons (Fsp3) is 0.188. The standard InChI is InChI=1S/C16H16O3/c1-11-15(19-2)9-8-13(16(11)18)14(17)10-12-6-4-3-5-7-12/h3-9,18H,10H2,1-2H3. The number of aromatic hydroxyl groups is 1. The van der Waals surface area contributed by atoms with Crippen LogP contribution < -0.4 is 4.74 Å². The zero-order chi connectivity index (χ0) is 13.8. The highest BCUT2D eigenvalue weighted by atomic mass is 16.5. The van der Waals surface area contributed by atoms with Gasteiger partial charge in [0.1, 0.15) is 11.5 Å². The highest BCUT2D eigenvalue weighted by Crippen LogP contribution is 2.30. The van der Waals surface area contributed by atoms with Crippen molar-refractivity contribution in [1.29, 1.82) is 0 Å². The maximum atomic E-state index is 12.2. The van der Waals surface area contributed by atoms with E-state index in [0.29, 0.717) is 16.9 Å². The third-order valence-corrected chi connectivity index (χ3v) is 3.11. The number of carbonyl (C=O) groups is 1. The smallest absolute Gasteiger partial charge is 0.170 e. The zero-order valence-electron chi connectivity index (χ0n) is 11.0. The van der Waals surface area contributed by atoms with Crippen molar-refractivity contribution < 1.29 is 14.6 Å². The number of Topliss-reactive ketones (excluding diaryl/α,β-unsaturated/α-hetero) is 1. The van der Waals surface area contributed by atoms with Gasteiger partial charge in [0.05, 0.1) is 12.7 Å². The van der Waals surface area contributed by atoms with Crippen molar-refractivity contribution in [2.75, 3.05) is 7.11 Å². The van der Waals surface area contributed by atoms with Crippen LogP contribution in [0.1, 0.15) is 21.5 Å². The van der Waals surface area contributed by atoms with E-state index in [1.807, 2.05) is 30.3 Å². The second kappa shape index (κ2) is 5.57. The van der Waals surface area contributed by atoms with E-state index in [1.54, 1.807) is 19.1 Å². The monoisotopic (exact) mass is 256 g/mol. The van der Waals surface area contributed by atoms with Gasteiger partial charge in [-0.2, -0.15) is 0 Å². The molecule has 0 unspecified atom stereocenters. The van der Waals surface area contributed by atoms with Crippen molar-refractivity contribution in [2.24, 2.45) is 0 Å². The first-order valence-electron chi connectivity index (χ1n) is 6.07. The summed E-state index contributed by atoms with van der Waals surface area (Å²) in [5.41, 5.74) is 1.85. The molecule has 0 heterocycles. The van der Waals surface area contributed by atoms with Crippen LogP contribution in [0.25, 0.3) is 0 Å². The van der Waals surface area contributed by atoms with Crippen molar-refractivity contribution in [2.45, 2.75) is 13.3 Å². The summed E-state index contributed by atoms with van der Waals surface area (Å²) in [6.45, 7) is 1.73. The second-order valence-electron chi connectivity index (χ2n) is 4.37. The number of phenolic OH excluding ortho intramolecular Hbond substituents is 1. The minimum absolute atomic E-state index is 0.000260. The van der Waals surface area contributed by atoms with E-state index in [0.717, 1.165) is 5.56 Å². The highest BCUT2D eigenvalue weighted by Gasteiger charge is 2.15. The predicted octanol–water partition coefficient (Wildman–Crippen LogP) is 3.13. The molecule has 0 aliphatic heterocycles. The molecule has 0 aliphatic carbocycles. The molecule has 0 spiro atoms. The van der Waals surface area contributed by atoms with Gasteiger partial charge in [-0.3, -0.25) is 4.79 Å². The van der Waals surface area contributed by atoms with Crippen LogP contribution in [0, 0.1) is 6.92 Å². The van der Waals surface area contributed by atoms with E-state index in [1.165, 1.54) is 7.11 Å². The molecule has 3 nitrogen and oxygen atoms in total. The van der Waals surface area contributed by atoms with Gasteiger partial charge in [-0.25, -0.2) is 0 Å². The lowest BCUT2D eigenvalue weighted by Gasteiger charge is -2.10. The number of ether oxygens (including phenoxy) is 1. The summed E-state index contributed by atoms with van der Waals surface area (Å²) < 4.78 is 5.11. The molecule has 0 aliphatic rings. The van der Waals surface area contributed by atoms with E-state index in [-0.39, 0.29) is 18.0 Å².